The van der Waals surface area contributed by atoms with Gasteiger partial charge in [0.15, 0.2) is 0 Å². The Morgan fingerprint density at radius 3 is 2.50 bits per heavy atom. The van der Waals surface area contributed by atoms with Gasteiger partial charge in [-0.25, -0.2) is 9.79 Å². The minimum absolute atomic E-state index is 0.229. The van der Waals surface area contributed by atoms with Crippen LogP contribution in [0.2, 0.25) is 0 Å². The van der Waals surface area contributed by atoms with Crippen LogP contribution in [0.25, 0.3) is 0 Å². The zero-order valence-corrected chi connectivity index (χ0v) is 15.9. The van der Waals surface area contributed by atoms with E-state index >= 15 is 0 Å². The molecule has 28 heavy (non-hydrogen) atoms. The lowest BCUT2D eigenvalue weighted by molar-refractivity contribution is -0.142. The summed E-state index contributed by atoms with van der Waals surface area (Å²) in [7, 11) is 0. The van der Waals surface area contributed by atoms with Gasteiger partial charge in [-0.05, 0) is 17.2 Å². The van der Waals surface area contributed by atoms with Crippen LogP contribution >= 0.6 is 0 Å². The van der Waals surface area contributed by atoms with Crippen molar-refractivity contribution in [1.29, 1.82) is 0 Å². The molecule has 1 saturated heterocycles. The topological polar surface area (TPSA) is 65.4 Å². The number of rotatable bonds is 5. The van der Waals surface area contributed by atoms with Crippen LogP contribution in [0.3, 0.4) is 0 Å². The molecular weight excluding hydrogens is 354 g/mol. The quantitative estimate of drug-likeness (QED) is 0.808. The molecule has 2 aromatic carbocycles. The summed E-state index contributed by atoms with van der Waals surface area (Å²) >= 11 is 0. The van der Waals surface area contributed by atoms with E-state index in [-0.39, 0.29) is 6.61 Å². The summed E-state index contributed by atoms with van der Waals surface area (Å²) in [5.41, 5.74) is 4.85. The molecule has 0 radical (unpaired) electrons. The molecular formula is C22H25N3O3. The van der Waals surface area contributed by atoms with Crippen LogP contribution in [0.1, 0.15) is 16.7 Å². The fourth-order valence-corrected chi connectivity index (χ4v) is 3.82. The third-order valence-electron chi connectivity index (χ3n) is 5.31. The molecule has 2 aliphatic heterocycles. The van der Waals surface area contributed by atoms with Crippen LogP contribution < -0.4 is 0 Å². The number of fused-ring (bicyclic) bond motifs is 2. The number of nitrogens with zero attached hydrogens (tertiary/aromatic N) is 3. The lowest BCUT2D eigenvalue weighted by Crippen LogP contribution is -2.49. The Hall–Kier alpha value is -2.70. The summed E-state index contributed by atoms with van der Waals surface area (Å²) < 4.78 is 5.16. The van der Waals surface area contributed by atoms with E-state index in [1.54, 1.807) is 0 Å². The Kier molecular flexibility index (Phi) is 5.69. The van der Waals surface area contributed by atoms with Gasteiger partial charge in [-0.3, -0.25) is 4.90 Å². The maximum absolute atomic E-state index is 10.5. The van der Waals surface area contributed by atoms with Crippen molar-refractivity contribution in [3.63, 3.8) is 0 Å². The van der Waals surface area contributed by atoms with Gasteiger partial charge in [-0.2, -0.15) is 0 Å². The minimum atomic E-state index is -0.921. The minimum Gasteiger partial charge on any atom is -0.480 e. The van der Waals surface area contributed by atoms with E-state index in [4.69, 9.17) is 14.8 Å². The molecule has 1 N–H and O–H groups in total. The zero-order chi connectivity index (χ0) is 19.3. The van der Waals surface area contributed by atoms with Gasteiger partial charge >= 0.3 is 5.97 Å². The van der Waals surface area contributed by atoms with Crippen molar-refractivity contribution in [3.05, 3.63) is 65.2 Å². The summed E-state index contributed by atoms with van der Waals surface area (Å²) in [6.45, 7) is 4.60. The Balaban J connectivity index is 1.47. The van der Waals surface area contributed by atoms with Crippen LogP contribution in [0.5, 0.6) is 0 Å². The third-order valence-corrected chi connectivity index (χ3v) is 5.31. The van der Waals surface area contributed by atoms with Crippen molar-refractivity contribution in [2.75, 3.05) is 45.9 Å². The first kappa shape index (κ1) is 18.7. The van der Waals surface area contributed by atoms with Crippen molar-refractivity contribution in [2.24, 2.45) is 4.99 Å². The van der Waals surface area contributed by atoms with Gasteiger partial charge < -0.3 is 14.7 Å². The summed E-state index contributed by atoms with van der Waals surface area (Å²) in [6.07, 6.45) is 0.903. The molecule has 0 spiro atoms. The van der Waals surface area contributed by atoms with Crippen LogP contribution in [-0.2, 0) is 16.0 Å². The predicted octanol–water partition coefficient (Wildman–Crippen LogP) is 2.39. The van der Waals surface area contributed by atoms with Crippen molar-refractivity contribution >= 4 is 17.5 Å². The van der Waals surface area contributed by atoms with Crippen LogP contribution in [0, 0.1) is 0 Å². The van der Waals surface area contributed by atoms with Crippen LogP contribution in [0.4, 0.5) is 5.69 Å². The first-order valence-electron chi connectivity index (χ1n) is 9.72. The number of aliphatic carboxylic acids is 1. The highest BCUT2D eigenvalue weighted by Crippen LogP contribution is 2.29. The number of aliphatic imine (C=N–C) groups is 1. The van der Waals surface area contributed by atoms with Gasteiger partial charge in [-0.1, -0.05) is 42.5 Å². The molecule has 6 heteroatoms. The van der Waals surface area contributed by atoms with E-state index in [9.17, 15) is 4.79 Å². The number of hydrogen-bond donors (Lipinski definition) is 1. The second kappa shape index (κ2) is 8.54. The number of carbonyl (C=O) groups is 1. The molecule has 0 saturated carbocycles. The Labute approximate surface area is 165 Å². The van der Waals surface area contributed by atoms with Gasteiger partial charge in [0.05, 0.1) is 12.3 Å². The number of benzene rings is 2. The summed E-state index contributed by atoms with van der Waals surface area (Å²) in [4.78, 5) is 20.3. The van der Waals surface area contributed by atoms with E-state index in [0.29, 0.717) is 6.61 Å². The molecule has 4 rings (SSSR count). The number of hydrogen-bond acceptors (Lipinski definition) is 5. The molecule has 0 bridgehead atoms. The molecule has 0 aliphatic carbocycles. The largest absolute Gasteiger partial charge is 0.480 e. The normalized spacial score (nSPS) is 16.7. The SMILES string of the molecule is O=C(O)COCCN1CCN(C2=Nc3ccccc3Cc3ccccc32)CC1. The monoisotopic (exact) mass is 379 g/mol. The second-order valence-corrected chi connectivity index (χ2v) is 7.17. The van der Waals surface area contributed by atoms with Gasteiger partial charge in [0.2, 0.25) is 0 Å². The first-order chi connectivity index (χ1) is 13.7. The van der Waals surface area contributed by atoms with Crippen molar-refractivity contribution < 1.29 is 14.6 Å². The molecule has 2 heterocycles. The van der Waals surface area contributed by atoms with Gasteiger partial charge in [0.25, 0.3) is 0 Å². The third kappa shape index (κ3) is 4.24. The molecule has 1 fully saturated rings. The number of ether oxygens (including phenoxy) is 1. The predicted molar refractivity (Wildman–Crippen MR) is 108 cm³/mol. The van der Waals surface area contributed by atoms with Gasteiger partial charge in [0, 0.05) is 44.7 Å². The molecule has 0 aromatic heterocycles. The molecule has 6 nitrogen and oxygen atoms in total. The van der Waals surface area contributed by atoms with Gasteiger partial charge in [0.1, 0.15) is 12.4 Å². The first-order valence-corrected chi connectivity index (χ1v) is 9.72. The van der Waals surface area contributed by atoms with E-state index < -0.39 is 5.97 Å². The highest BCUT2D eigenvalue weighted by Gasteiger charge is 2.24. The van der Waals surface area contributed by atoms with E-state index in [2.05, 4.69) is 52.3 Å². The van der Waals surface area contributed by atoms with Crippen molar-refractivity contribution in [1.82, 2.24) is 9.80 Å². The molecule has 2 aliphatic rings. The lowest BCUT2D eigenvalue weighted by atomic mass is 9.99. The summed E-state index contributed by atoms with van der Waals surface area (Å²) in [6, 6.07) is 16.9. The molecule has 2 aromatic rings. The average molecular weight is 379 g/mol. The molecule has 146 valence electrons. The maximum atomic E-state index is 10.5. The van der Waals surface area contributed by atoms with Crippen LogP contribution in [0.15, 0.2) is 53.5 Å². The molecule has 0 atom stereocenters. The molecule has 0 amide bonds. The number of carboxylic acid groups (broad SMARTS) is 1. The zero-order valence-electron chi connectivity index (χ0n) is 15.9. The number of amidine groups is 1. The number of piperazine rings is 1. The Morgan fingerprint density at radius 2 is 1.71 bits per heavy atom. The van der Waals surface area contributed by atoms with E-state index in [1.807, 2.05) is 6.07 Å². The summed E-state index contributed by atoms with van der Waals surface area (Å²) in [5.74, 6) is 0.137. The fraction of sp³-hybridized carbons (Fsp3) is 0.364. The highest BCUT2D eigenvalue weighted by molar-refractivity contribution is 6.02. The standard InChI is InChI=1S/C22H25N3O3/c26-21(27)16-28-14-13-24-9-11-25(12-10-24)22-19-7-3-1-5-17(19)15-18-6-2-4-8-20(18)23-22/h1-8H,9-16H2,(H,26,27). The number of para-hydroxylation sites is 1. The Bertz CT molecular complexity index is 873. The highest BCUT2D eigenvalue weighted by atomic mass is 16.5. The average Bonchev–Trinajstić information content (AvgIpc) is 2.88. The van der Waals surface area contributed by atoms with Crippen LogP contribution in [-0.4, -0.2) is 72.6 Å². The lowest BCUT2D eigenvalue weighted by Gasteiger charge is -2.36. The summed E-state index contributed by atoms with van der Waals surface area (Å²) in [5, 5.41) is 8.64. The van der Waals surface area contributed by atoms with Crippen molar-refractivity contribution in [3.8, 4) is 0 Å². The molecule has 0 unspecified atom stereocenters. The Morgan fingerprint density at radius 1 is 1.00 bits per heavy atom. The maximum Gasteiger partial charge on any atom is 0.329 e. The van der Waals surface area contributed by atoms with E-state index in [1.165, 1.54) is 16.7 Å². The second-order valence-electron chi connectivity index (χ2n) is 7.17. The van der Waals surface area contributed by atoms with Gasteiger partial charge in [-0.15, -0.1) is 0 Å². The smallest absolute Gasteiger partial charge is 0.329 e. The fourth-order valence-electron chi connectivity index (χ4n) is 3.82. The van der Waals surface area contributed by atoms with Crippen molar-refractivity contribution in [2.45, 2.75) is 6.42 Å². The number of carboxylic acids is 1. The van der Waals surface area contributed by atoms with E-state index in [0.717, 1.165) is 50.7 Å².